The van der Waals surface area contributed by atoms with E-state index in [-0.39, 0.29) is 0 Å². The number of rotatable bonds is 6. The van der Waals surface area contributed by atoms with Crippen LogP contribution < -0.4 is 0 Å². The summed E-state index contributed by atoms with van der Waals surface area (Å²) in [5, 5.41) is 0. The molecule has 0 heterocycles. The number of halogens is 1. The summed E-state index contributed by atoms with van der Waals surface area (Å²) in [7, 11) is 0. The fourth-order valence-electron chi connectivity index (χ4n) is 1.89. The predicted octanol–water partition coefficient (Wildman–Crippen LogP) is 2.74. The average Bonchev–Trinajstić information content (AvgIpc) is 2.96. The van der Waals surface area contributed by atoms with Crippen LogP contribution in [0.15, 0.2) is 0 Å². The molecule has 0 saturated heterocycles. The summed E-state index contributed by atoms with van der Waals surface area (Å²) in [4.78, 5) is 2.69. The lowest BCUT2D eigenvalue weighted by Crippen LogP contribution is -2.33. The molecule has 0 N–H and O–H groups in total. The van der Waals surface area contributed by atoms with Crippen LogP contribution in [0.1, 0.15) is 32.6 Å². The molecule has 13 heavy (non-hydrogen) atoms. The molecule has 2 rings (SSSR count). The zero-order valence-corrected chi connectivity index (χ0v) is 9.26. The Morgan fingerprint density at radius 1 is 1.31 bits per heavy atom. The van der Waals surface area contributed by atoms with E-state index in [9.17, 15) is 0 Å². The number of alkyl halides is 1. The third-order valence-electron chi connectivity index (χ3n) is 3.06. The van der Waals surface area contributed by atoms with Crippen molar-refractivity contribution in [2.75, 3.05) is 19.0 Å². The van der Waals surface area contributed by atoms with Gasteiger partial charge in [0.2, 0.25) is 0 Å². The Hall–Kier alpha value is 0.250. The second-order valence-corrected chi connectivity index (χ2v) is 5.20. The summed E-state index contributed by atoms with van der Waals surface area (Å²) in [6.45, 7) is 4.84. The van der Waals surface area contributed by atoms with Gasteiger partial charge in [0.25, 0.3) is 0 Å². The topological polar surface area (TPSA) is 3.24 Å². The second kappa shape index (κ2) is 4.18. The third-order valence-corrected chi connectivity index (χ3v) is 3.59. The van der Waals surface area contributed by atoms with Gasteiger partial charge in [0.1, 0.15) is 0 Å². The van der Waals surface area contributed by atoms with Gasteiger partial charge in [-0.15, -0.1) is 11.6 Å². The Morgan fingerprint density at radius 3 is 2.46 bits per heavy atom. The molecule has 0 bridgehead atoms. The van der Waals surface area contributed by atoms with E-state index in [2.05, 4.69) is 11.8 Å². The molecule has 2 aliphatic rings. The van der Waals surface area contributed by atoms with Gasteiger partial charge in [-0.1, -0.05) is 6.92 Å². The summed E-state index contributed by atoms with van der Waals surface area (Å²) >= 11 is 5.85. The van der Waals surface area contributed by atoms with E-state index in [0.29, 0.717) is 5.92 Å². The van der Waals surface area contributed by atoms with Gasteiger partial charge in [-0.2, -0.15) is 0 Å². The van der Waals surface area contributed by atoms with E-state index < -0.39 is 0 Å². The molecule has 1 unspecified atom stereocenters. The lowest BCUT2D eigenvalue weighted by molar-refractivity contribution is 0.226. The molecule has 2 heteroatoms. The van der Waals surface area contributed by atoms with Gasteiger partial charge in [0, 0.05) is 25.0 Å². The highest BCUT2D eigenvalue weighted by atomic mass is 35.5. The highest BCUT2D eigenvalue weighted by molar-refractivity contribution is 6.18. The summed E-state index contributed by atoms with van der Waals surface area (Å²) in [5.74, 6) is 2.51. The van der Waals surface area contributed by atoms with Crippen LogP contribution in [0.4, 0.5) is 0 Å². The van der Waals surface area contributed by atoms with E-state index >= 15 is 0 Å². The maximum atomic E-state index is 5.85. The zero-order valence-electron chi connectivity index (χ0n) is 8.51. The van der Waals surface area contributed by atoms with Crippen molar-refractivity contribution in [1.29, 1.82) is 0 Å². The minimum absolute atomic E-state index is 0.668. The maximum Gasteiger partial charge on any atom is 0.0261 e. The lowest BCUT2D eigenvalue weighted by Gasteiger charge is -2.24. The van der Waals surface area contributed by atoms with E-state index in [4.69, 9.17) is 11.6 Å². The summed E-state index contributed by atoms with van der Waals surface area (Å²) in [6.07, 6.45) is 5.81. The Bertz CT molecular complexity index is 163. The zero-order chi connectivity index (χ0) is 9.26. The van der Waals surface area contributed by atoms with Crippen LogP contribution in [0.3, 0.4) is 0 Å². The van der Waals surface area contributed by atoms with Crippen molar-refractivity contribution in [2.45, 2.75) is 38.6 Å². The van der Waals surface area contributed by atoms with Gasteiger partial charge in [-0.25, -0.2) is 0 Å². The molecule has 1 atom stereocenters. The first-order valence-corrected chi connectivity index (χ1v) is 6.13. The molecule has 2 fully saturated rings. The predicted molar refractivity (Wildman–Crippen MR) is 57.2 cm³/mol. The fraction of sp³-hybridized carbons (Fsp3) is 1.00. The SMILES string of the molecule is CC(CCl)CN(CC1CC1)C1CC1. The van der Waals surface area contributed by atoms with Gasteiger partial charge < -0.3 is 0 Å². The van der Waals surface area contributed by atoms with Crippen LogP contribution in [-0.4, -0.2) is 29.9 Å². The highest BCUT2D eigenvalue weighted by Crippen LogP contribution is 2.35. The average molecular weight is 202 g/mol. The van der Waals surface area contributed by atoms with Gasteiger partial charge in [-0.05, 0) is 37.5 Å². The van der Waals surface area contributed by atoms with Crippen molar-refractivity contribution in [1.82, 2.24) is 4.90 Å². The van der Waals surface area contributed by atoms with Crippen LogP contribution in [-0.2, 0) is 0 Å². The molecule has 0 aliphatic heterocycles. The Morgan fingerprint density at radius 2 is 2.00 bits per heavy atom. The van der Waals surface area contributed by atoms with Crippen molar-refractivity contribution < 1.29 is 0 Å². The first kappa shape index (κ1) is 9.79. The quantitative estimate of drug-likeness (QED) is 0.598. The Balaban J connectivity index is 1.74. The van der Waals surface area contributed by atoms with E-state index in [0.717, 1.165) is 17.8 Å². The first-order chi connectivity index (χ1) is 6.29. The molecule has 2 aliphatic carbocycles. The van der Waals surface area contributed by atoms with Crippen LogP contribution in [0.2, 0.25) is 0 Å². The number of hydrogen-bond donors (Lipinski definition) is 0. The second-order valence-electron chi connectivity index (χ2n) is 4.89. The van der Waals surface area contributed by atoms with Crippen molar-refractivity contribution in [2.24, 2.45) is 11.8 Å². The van der Waals surface area contributed by atoms with Gasteiger partial charge in [-0.3, -0.25) is 4.90 Å². The molecular weight excluding hydrogens is 182 g/mol. The summed E-state index contributed by atoms with van der Waals surface area (Å²) < 4.78 is 0. The van der Waals surface area contributed by atoms with Gasteiger partial charge >= 0.3 is 0 Å². The van der Waals surface area contributed by atoms with E-state index in [1.807, 2.05) is 0 Å². The molecule has 1 nitrogen and oxygen atoms in total. The normalized spacial score (nSPS) is 25.2. The largest absolute Gasteiger partial charge is 0.300 e. The third kappa shape index (κ3) is 3.14. The number of nitrogens with zero attached hydrogens (tertiary/aromatic N) is 1. The maximum absolute atomic E-state index is 5.85. The summed E-state index contributed by atoms with van der Waals surface area (Å²) in [5.41, 5.74) is 0. The molecule has 0 aromatic carbocycles. The van der Waals surface area contributed by atoms with Crippen LogP contribution in [0, 0.1) is 11.8 Å². The monoisotopic (exact) mass is 201 g/mol. The smallest absolute Gasteiger partial charge is 0.0261 e. The molecule has 2 saturated carbocycles. The number of hydrogen-bond acceptors (Lipinski definition) is 1. The fourth-order valence-corrected chi connectivity index (χ4v) is 1.99. The van der Waals surface area contributed by atoms with E-state index in [1.165, 1.54) is 38.8 Å². The van der Waals surface area contributed by atoms with Crippen LogP contribution >= 0.6 is 11.6 Å². The lowest BCUT2D eigenvalue weighted by atomic mass is 10.2. The van der Waals surface area contributed by atoms with Gasteiger partial charge in [0.05, 0.1) is 0 Å². The van der Waals surface area contributed by atoms with Crippen molar-refractivity contribution in [3.8, 4) is 0 Å². The first-order valence-electron chi connectivity index (χ1n) is 5.59. The molecule has 0 radical (unpaired) electrons. The van der Waals surface area contributed by atoms with E-state index in [1.54, 1.807) is 0 Å². The van der Waals surface area contributed by atoms with Gasteiger partial charge in [0.15, 0.2) is 0 Å². The van der Waals surface area contributed by atoms with Crippen molar-refractivity contribution in [3.05, 3.63) is 0 Å². The highest BCUT2D eigenvalue weighted by Gasteiger charge is 2.33. The standard InChI is InChI=1S/C11H20ClN/c1-9(6-12)7-13(11-4-5-11)8-10-2-3-10/h9-11H,2-8H2,1H3. The van der Waals surface area contributed by atoms with Crippen molar-refractivity contribution in [3.63, 3.8) is 0 Å². The molecule has 76 valence electrons. The molecule has 0 spiro atoms. The van der Waals surface area contributed by atoms with Crippen LogP contribution in [0.5, 0.6) is 0 Å². The molecule has 0 aromatic heterocycles. The molecule has 0 amide bonds. The summed E-state index contributed by atoms with van der Waals surface area (Å²) in [6, 6.07) is 0.922. The minimum atomic E-state index is 0.668. The van der Waals surface area contributed by atoms with Crippen LogP contribution in [0.25, 0.3) is 0 Å². The van der Waals surface area contributed by atoms with Crippen molar-refractivity contribution >= 4 is 11.6 Å². The molecular formula is C11H20ClN. The minimum Gasteiger partial charge on any atom is -0.300 e. The Labute approximate surface area is 86.4 Å². The molecule has 0 aromatic rings. The Kier molecular flexibility index (Phi) is 3.15.